The van der Waals surface area contributed by atoms with Crippen molar-refractivity contribution in [3.63, 3.8) is 0 Å². The molecule has 0 amide bonds. The van der Waals surface area contributed by atoms with E-state index in [0.717, 1.165) is 15.3 Å². The van der Waals surface area contributed by atoms with E-state index in [1.807, 2.05) is 64.1 Å². The summed E-state index contributed by atoms with van der Waals surface area (Å²) in [4.78, 5) is 28.3. The van der Waals surface area contributed by atoms with Crippen molar-refractivity contribution in [2.75, 3.05) is 0 Å². The monoisotopic (exact) mass is 484 g/mol. The lowest BCUT2D eigenvalue weighted by atomic mass is 9.68. The van der Waals surface area contributed by atoms with Crippen LogP contribution < -0.4 is 0 Å². The zero-order valence-electron chi connectivity index (χ0n) is 19.4. The Balaban J connectivity index is 1.87. The van der Waals surface area contributed by atoms with Gasteiger partial charge in [0.15, 0.2) is 11.6 Å². The third-order valence-corrected chi connectivity index (χ3v) is 7.86. The van der Waals surface area contributed by atoms with Crippen LogP contribution in [0.4, 0.5) is 0 Å². The summed E-state index contributed by atoms with van der Waals surface area (Å²) in [5, 5.41) is 22.6. The highest BCUT2D eigenvalue weighted by molar-refractivity contribution is 7.15. The van der Waals surface area contributed by atoms with Gasteiger partial charge in [-0.25, -0.2) is 0 Å². The predicted molar refractivity (Wildman–Crippen MR) is 133 cm³/mol. The number of thiophene rings is 1. The maximum atomic E-state index is 13.3. The number of allylic oxidation sites excluding steroid dienone is 4. The van der Waals surface area contributed by atoms with E-state index in [1.165, 1.54) is 11.3 Å². The van der Waals surface area contributed by atoms with Gasteiger partial charge >= 0.3 is 0 Å². The highest BCUT2D eigenvalue weighted by Crippen LogP contribution is 2.49. The molecule has 2 N–H and O–H groups in total. The molecule has 0 saturated carbocycles. The molecule has 2 aliphatic rings. The van der Waals surface area contributed by atoms with Crippen molar-refractivity contribution < 1.29 is 19.8 Å². The molecule has 0 fully saturated rings. The number of Topliss-reactive ketones (excluding diaryl/α,β-unsaturated/α-hetero) is 2. The second-order valence-corrected chi connectivity index (χ2v) is 12.3. The van der Waals surface area contributed by atoms with Gasteiger partial charge in [0.05, 0.1) is 5.92 Å². The van der Waals surface area contributed by atoms with Crippen LogP contribution in [0.5, 0.6) is 0 Å². The molecule has 0 spiro atoms. The molecule has 0 bridgehead atoms. The van der Waals surface area contributed by atoms with Crippen molar-refractivity contribution in [1.29, 1.82) is 0 Å². The van der Waals surface area contributed by atoms with E-state index in [2.05, 4.69) is 0 Å². The second kappa shape index (κ2) is 8.44. The first kappa shape index (κ1) is 23.8. The summed E-state index contributed by atoms with van der Waals surface area (Å²) in [6.45, 7) is 7.78. The summed E-state index contributed by atoms with van der Waals surface area (Å²) in [6, 6.07) is 11.3. The maximum Gasteiger partial charge on any atom is 0.163 e. The molecule has 1 aromatic carbocycles. The largest absolute Gasteiger partial charge is 0.512 e. The third kappa shape index (κ3) is 4.80. The first-order chi connectivity index (χ1) is 15.4. The van der Waals surface area contributed by atoms with Crippen LogP contribution in [0.15, 0.2) is 59.1 Å². The number of aliphatic hydroxyl groups is 2. The molecule has 2 aliphatic carbocycles. The van der Waals surface area contributed by atoms with Crippen LogP contribution in [0.1, 0.15) is 64.2 Å². The van der Waals surface area contributed by atoms with E-state index < -0.39 is 5.92 Å². The lowest BCUT2D eigenvalue weighted by Gasteiger charge is -2.36. The van der Waals surface area contributed by atoms with E-state index in [0.29, 0.717) is 17.9 Å². The number of aliphatic hydroxyl groups excluding tert-OH is 2. The molecule has 4 nitrogen and oxygen atoms in total. The summed E-state index contributed by atoms with van der Waals surface area (Å²) in [5.74, 6) is -1.09. The lowest BCUT2D eigenvalue weighted by Crippen LogP contribution is -2.33. The van der Waals surface area contributed by atoms with E-state index in [-0.39, 0.29) is 57.9 Å². The van der Waals surface area contributed by atoms with Crippen LogP contribution in [0, 0.1) is 10.8 Å². The van der Waals surface area contributed by atoms with Crippen LogP contribution in [0.2, 0.25) is 5.02 Å². The predicted octanol–water partition coefficient (Wildman–Crippen LogP) is 7.55. The molecular weight excluding hydrogens is 456 g/mol. The van der Waals surface area contributed by atoms with Crippen molar-refractivity contribution in [2.45, 2.75) is 59.3 Å². The number of halogens is 1. The number of rotatable bonds is 4. The topological polar surface area (TPSA) is 74.6 Å². The van der Waals surface area contributed by atoms with E-state index in [9.17, 15) is 19.8 Å². The van der Waals surface area contributed by atoms with Crippen LogP contribution in [-0.4, -0.2) is 21.8 Å². The van der Waals surface area contributed by atoms with E-state index in [1.54, 1.807) is 0 Å². The molecule has 0 radical (unpaired) electrons. The normalized spacial score (nSPS) is 20.7. The Labute approximate surface area is 203 Å². The molecule has 2 aromatic rings. The van der Waals surface area contributed by atoms with E-state index >= 15 is 0 Å². The van der Waals surface area contributed by atoms with Crippen molar-refractivity contribution in [3.8, 4) is 10.4 Å². The highest BCUT2D eigenvalue weighted by Gasteiger charge is 2.44. The molecule has 1 heterocycles. The second-order valence-electron chi connectivity index (χ2n) is 10.7. The van der Waals surface area contributed by atoms with Gasteiger partial charge in [-0.1, -0.05) is 51.4 Å². The van der Waals surface area contributed by atoms with Gasteiger partial charge < -0.3 is 10.2 Å². The Morgan fingerprint density at radius 2 is 1.27 bits per heavy atom. The molecular formula is C27H29ClO4S. The summed E-state index contributed by atoms with van der Waals surface area (Å²) in [5.41, 5.74) is 0.752. The Hall–Kier alpha value is -2.37. The average molecular weight is 485 g/mol. The van der Waals surface area contributed by atoms with Crippen LogP contribution in [-0.2, 0) is 9.59 Å². The van der Waals surface area contributed by atoms with Gasteiger partial charge in [-0.15, -0.1) is 11.3 Å². The molecule has 1 aromatic heterocycles. The molecule has 0 saturated heterocycles. The number of ketones is 2. The fourth-order valence-electron chi connectivity index (χ4n) is 4.96. The Morgan fingerprint density at radius 1 is 0.788 bits per heavy atom. The first-order valence-electron chi connectivity index (χ1n) is 11.1. The summed E-state index contributed by atoms with van der Waals surface area (Å²) in [6.07, 6.45) is 1.28. The molecule has 0 aliphatic heterocycles. The molecule has 0 atom stereocenters. The summed E-state index contributed by atoms with van der Waals surface area (Å²) >= 11 is 7.49. The van der Waals surface area contributed by atoms with Gasteiger partial charge in [0.2, 0.25) is 0 Å². The first-order valence-corrected chi connectivity index (χ1v) is 12.3. The molecule has 33 heavy (non-hydrogen) atoms. The number of hydrogen-bond acceptors (Lipinski definition) is 5. The van der Waals surface area contributed by atoms with Crippen molar-refractivity contribution in [2.24, 2.45) is 10.8 Å². The van der Waals surface area contributed by atoms with Gasteiger partial charge in [0.25, 0.3) is 0 Å². The van der Waals surface area contributed by atoms with Crippen LogP contribution in [0.25, 0.3) is 10.4 Å². The Bertz CT molecular complexity index is 1130. The minimum atomic E-state index is -0.775. The fraction of sp³-hybridized carbons (Fsp3) is 0.407. The minimum Gasteiger partial charge on any atom is -0.512 e. The van der Waals surface area contributed by atoms with Crippen molar-refractivity contribution in [3.05, 3.63) is 69.0 Å². The minimum absolute atomic E-state index is 0.0145. The van der Waals surface area contributed by atoms with Gasteiger partial charge in [-0.3, -0.25) is 9.59 Å². The quantitative estimate of drug-likeness (QED) is 0.469. The summed E-state index contributed by atoms with van der Waals surface area (Å²) in [7, 11) is 0. The zero-order chi connectivity index (χ0) is 24.1. The van der Waals surface area contributed by atoms with Gasteiger partial charge in [-0.2, -0.15) is 0 Å². The zero-order valence-corrected chi connectivity index (χ0v) is 20.9. The molecule has 174 valence electrons. The van der Waals surface area contributed by atoms with Crippen molar-refractivity contribution >= 4 is 34.5 Å². The SMILES string of the molecule is CC1(C)CC(=O)C(C(C2=C(O)CC(C)(C)CC2=O)c2ccc(-c3ccc(Cl)cc3)s2)=C(O)C1. The number of benzene rings is 1. The fourth-order valence-corrected chi connectivity index (χ4v) is 6.22. The summed E-state index contributed by atoms with van der Waals surface area (Å²) < 4.78 is 0. The number of hydrogen-bond donors (Lipinski definition) is 2. The number of carbonyl (C=O) groups excluding carboxylic acids is 2. The lowest BCUT2D eigenvalue weighted by molar-refractivity contribution is -0.119. The van der Waals surface area contributed by atoms with Crippen LogP contribution in [0.3, 0.4) is 0 Å². The smallest absolute Gasteiger partial charge is 0.163 e. The Morgan fingerprint density at radius 3 is 1.73 bits per heavy atom. The Kier molecular flexibility index (Phi) is 6.08. The third-order valence-electron chi connectivity index (χ3n) is 6.41. The van der Waals surface area contributed by atoms with E-state index in [4.69, 9.17) is 11.6 Å². The van der Waals surface area contributed by atoms with Crippen LogP contribution >= 0.6 is 22.9 Å². The van der Waals surface area contributed by atoms with Gasteiger partial charge in [-0.05, 0) is 40.7 Å². The maximum absolute atomic E-state index is 13.3. The van der Waals surface area contributed by atoms with Gasteiger partial charge in [0.1, 0.15) is 11.5 Å². The number of carbonyl (C=O) groups is 2. The standard InChI is InChI=1S/C27H29ClO4S/c1-26(2)11-17(29)23(18(30)12-26)25(24-19(31)13-27(3,4)14-20(24)32)22-10-9-21(33-22)15-5-7-16(28)8-6-15/h5-10,25,29,31H,11-14H2,1-4H3. The van der Waals surface area contributed by atoms with Crippen molar-refractivity contribution in [1.82, 2.24) is 0 Å². The molecule has 4 rings (SSSR count). The average Bonchev–Trinajstić information content (AvgIpc) is 3.14. The van der Waals surface area contributed by atoms with Gasteiger partial charge in [0, 0.05) is 51.6 Å². The molecule has 0 unspecified atom stereocenters. The molecule has 6 heteroatoms. The highest BCUT2D eigenvalue weighted by atomic mass is 35.5.